The monoisotopic (exact) mass is 254 g/mol. The number of nitrogens with two attached hydrogens (primary N) is 1. The molecule has 2 N–H and O–H groups in total. The van der Waals surface area contributed by atoms with Crippen LogP contribution in [0.25, 0.3) is 0 Å². The Morgan fingerprint density at radius 2 is 2.35 bits per heavy atom. The summed E-state index contributed by atoms with van der Waals surface area (Å²) in [5, 5.41) is 0.674. The fourth-order valence-electron chi connectivity index (χ4n) is 1.90. The lowest BCUT2D eigenvalue weighted by Gasteiger charge is -2.34. The molecule has 1 aromatic rings. The van der Waals surface area contributed by atoms with E-state index in [4.69, 9.17) is 22.1 Å². The summed E-state index contributed by atoms with van der Waals surface area (Å²) < 4.78 is 5.18. The van der Waals surface area contributed by atoms with Gasteiger partial charge in [0.05, 0.1) is 12.6 Å². The van der Waals surface area contributed by atoms with Crippen molar-refractivity contribution in [3.8, 4) is 0 Å². The van der Waals surface area contributed by atoms with Crippen LogP contribution in [0.1, 0.15) is 5.56 Å². The van der Waals surface area contributed by atoms with Gasteiger partial charge in [0.15, 0.2) is 0 Å². The van der Waals surface area contributed by atoms with E-state index < -0.39 is 0 Å². The molecule has 1 aliphatic rings. The van der Waals surface area contributed by atoms with Crippen LogP contribution in [0, 0.1) is 0 Å². The van der Waals surface area contributed by atoms with Gasteiger partial charge in [-0.25, -0.2) is 0 Å². The fourth-order valence-corrected chi connectivity index (χ4v) is 2.12. The summed E-state index contributed by atoms with van der Waals surface area (Å²) in [7, 11) is 0. The van der Waals surface area contributed by atoms with Crippen LogP contribution in [0.15, 0.2) is 24.3 Å². The van der Waals surface area contributed by atoms with Crippen molar-refractivity contribution >= 4 is 17.5 Å². The van der Waals surface area contributed by atoms with Crippen molar-refractivity contribution in [2.24, 2.45) is 5.73 Å². The second-order valence-electron chi connectivity index (χ2n) is 4.06. The number of hydrogen-bond acceptors (Lipinski definition) is 3. The molecule has 1 atom stereocenters. The Hall–Kier alpha value is -1.10. The van der Waals surface area contributed by atoms with Crippen LogP contribution in [0.4, 0.5) is 0 Å². The number of carbonyl (C=O) groups is 1. The molecule has 0 bridgehead atoms. The Morgan fingerprint density at radius 3 is 3.06 bits per heavy atom. The predicted octanol–water partition coefficient (Wildman–Crippen LogP) is 1.03. The van der Waals surface area contributed by atoms with Crippen LogP contribution in [-0.4, -0.2) is 36.6 Å². The summed E-state index contributed by atoms with van der Waals surface area (Å²) in [6, 6.07) is 7.45. The topological polar surface area (TPSA) is 55.6 Å². The molecule has 1 aliphatic heterocycles. The van der Waals surface area contributed by atoms with Gasteiger partial charge in [-0.3, -0.25) is 4.79 Å². The van der Waals surface area contributed by atoms with Crippen molar-refractivity contribution in [3.63, 3.8) is 0 Å². The third-order valence-corrected chi connectivity index (χ3v) is 3.05. The maximum atomic E-state index is 11.8. The zero-order valence-corrected chi connectivity index (χ0v) is 10.2. The molecule has 1 unspecified atom stereocenters. The fraction of sp³-hybridized carbons (Fsp3) is 0.417. The molecule has 0 radical (unpaired) electrons. The Kier molecular flexibility index (Phi) is 3.99. The summed E-state index contributed by atoms with van der Waals surface area (Å²) in [6.45, 7) is 1.58. The highest BCUT2D eigenvalue weighted by Crippen LogP contribution is 2.16. The third kappa shape index (κ3) is 2.97. The van der Waals surface area contributed by atoms with Gasteiger partial charge in [0.25, 0.3) is 0 Å². The first-order valence-corrected chi connectivity index (χ1v) is 5.90. The molecular formula is C12H15ClN2O2. The van der Waals surface area contributed by atoms with Crippen LogP contribution in [0.5, 0.6) is 0 Å². The molecule has 5 heteroatoms. The van der Waals surface area contributed by atoms with E-state index >= 15 is 0 Å². The van der Waals surface area contributed by atoms with Crippen molar-refractivity contribution < 1.29 is 9.53 Å². The smallest absolute Gasteiger partial charge is 0.249 e. The number of ether oxygens (including phenoxy) is 1. The normalized spacial score (nSPS) is 20.7. The summed E-state index contributed by atoms with van der Waals surface area (Å²) in [5.41, 5.74) is 6.65. The van der Waals surface area contributed by atoms with E-state index in [1.54, 1.807) is 4.90 Å². The summed E-state index contributed by atoms with van der Waals surface area (Å²) in [6.07, 6.45) is 0. The minimum atomic E-state index is -0.0461. The molecule has 4 nitrogen and oxygen atoms in total. The molecule has 2 rings (SSSR count). The SMILES string of the molecule is NCC1COCC(=O)N1Cc1cccc(Cl)c1. The van der Waals surface area contributed by atoms with E-state index in [9.17, 15) is 4.79 Å². The lowest BCUT2D eigenvalue weighted by Crippen LogP contribution is -2.52. The number of halogens is 1. The second-order valence-corrected chi connectivity index (χ2v) is 4.49. The molecule has 1 amide bonds. The number of nitrogens with zero attached hydrogens (tertiary/aromatic N) is 1. The molecule has 0 aliphatic carbocycles. The molecule has 1 heterocycles. The van der Waals surface area contributed by atoms with E-state index in [2.05, 4.69) is 0 Å². The largest absolute Gasteiger partial charge is 0.369 e. The van der Waals surface area contributed by atoms with Crippen LogP contribution < -0.4 is 5.73 Å². The molecule has 1 saturated heterocycles. The van der Waals surface area contributed by atoms with Gasteiger partial charge in [-0.2, -0.15) is 0 Å². The molecule has 1 aromatic carbocycles. The molecule has 0 saturated carbocycles. The van der Waals surface area contributed by atoms with Gasteiger partial charge in [-0.05, 0) is 17.7 Å². The Bertz CT molecular complexity index is 411. The average Bonchev–Trinajstić information content (AvgIpc) is 2.32. The quantitative estimate of drug-likeness (QED) is 0.877. The molecule has 17 heavy (non-hydrogen) atoms. The van der Waals surface area contributed by atoms with Crippen molar-refractivity contribution in [2.45, 2.75) is 12.6 Å². The molecule has 92 valence electrons. The average molecular weight is 255 g/mol. The lowest BCUT2D eigenvalue weighted by molar-refractivity contribution is -0.148. The second kappa shape index (κ2) is 5.49. The van der Waals surface area contributed by atoms with Gasteiger partial charge >= 0.3 is 0 Å². The van der Waals surface area contributed by atoms with E-state index in [0.717, 1.165) is 5.56 Å². The van der Waals surface area contributed by atoms with E-state index in [1.807, 2.05) is 24.3 Å². The highest BCUT2D eigenvalue weighted by molar-refractivity contribution is 6.30. The molecule has 0 aromatic heterocycles. The standard InChI is InChI=1S/C12H15ClN2O2/c13-10-3-1-2-9(4-10)6-15-11(5-14)7-17-8-12(15)16/h1-4,11H,5-8,14H2. The first-order chi connectivity index (χ1) is 8.20. The van der Waals surface area contributed by atoms with E-state index in [-0.39, 0.29) is 18.6 Å². The van der Waals surface area contributed by atoms with E-state index in [0.29, 0.717) is 24.7 Å². The number of hydrogen-bond donors (Lipinski definition) is 1. The zero-order valence-electron chi connectivity index (χ0n) is 9.43. The Balaban J connectivity index is 2.12. The molecule has 0 spiro atoms. The Labute approximate surface area is 105 Å². The lowest BCUT2D eigenvalue weighted by atomic mass is 10.1. The molecule has 1 fully saturated rings. The highest BCUT2D eigenvalue weighted by atomic mass is 35.5. The van der Waals surface area contributed by atoms with Crippen molar-refractivity contribution in [1.82, 2.24) is 4.90 Å². The predicted molar refractivity (Wildman–Crippen MR) is 65.7 cm³/mol. The number of rotatable bonds is 3. The van der Waals surface area contributed by atoms with Gasteiger partial charge in [0, 0.05) is 18.1 Å². The first kappa shape index (κ1) is 12.4. The van der Waals surface area contributed by atoms with Crippen molar-refractivity contribution in [3.05, 3.63) is 34.9 Å². The number of amides is 1. The number of benzene rings is 1. The van der Waals surface area contributed by atoms with Gasteiger partial charge in [0.1, 0.15) is 6.61 Å². The van der Waals surface area contributed by atoms with Gasteiger partial charge in [0.2, 0.25) is 5.91 Å². The number of carbonyl (C=O) groups excluding carboxylic acids is 1. The van der Waals surface area contributed by atoms with Crippen LogP contribution in [-0.2, 0) is 16.1 Å². The van der Waals surface area contributed by atoms with Crippen molar-refractivity contribution in [1.29, 1.82) is 0 Å². The minimum Gasteiger partial charge on any atom is -0.369 e. The van der Waals surface area contributed by atoms with Gasteiger partial charge < -0.3 is 15.4 Å². The van der Waals surface area contributed by atoms with Crippen LogP contribution >= 0.6 is 11.6 Å². The molecular weight excluding hydrogens is 240 g/mol. The zero-order chi connectivity index (χ0) is 12.3. The first-order valence-electron chi connectivity index (χ1n) is 5.52. The Morgan fingerprint density at radius 1 is 1.53 bits per heavy atom. The summed E-state index contributed by atoms with van der Waals surface area (Å²) in [5.74, 6) is -0.0216. The van der Waals surface area contributed by atoms with Gasteiger partial charge in [-0.1, -0.05) is 23.7 Å². The maximum absolute atomic E-state index is 11.8. The van der Waals surface area contributed by atoms with Crippen LogP contribution in [0.3, 0.4) is 0 Å². The highest BCUT2D eigenvalue weighted by Gasteiger charge is 2.27. The maximum Gasteiger partial charge on any atom is 0.249 e. The van der Waals surface area contributed by atoms with Gasteiger partial charge in [-0.15, -0.1) is 0 Å². The third-order valence-electron chi connectivity index (χ3n) is 2.81. The minimum absolute atomic E-state index is 0.0216. The van der Waals surface area contributed by atoms with E-state index in [1.165, 1.54) is 0 Å². The number of morpholine rings is 1. The van der Waals surface area contributed by atoms with Crippen molar-refractivity contribution in [2.75, 3.05) is 19.8 Å². The summed E-state index contributed by atoms with van der Waals surface area (Å²) in [4.78, 5) is 13.5. The van der Waals surface area contributed by atoms with Crippen LogP contribution in [0.2, 0.25) is 5.02 Å². The summed E-state index contributed by atoms with van der Waals surface area (Å²) >= 11 is 5.92.